The van der Waals surface area contributed by atoms with Gasteiger partial charge in [0.15, 0.2) is 0 Å². The van der Waals surface area contributed by atoms with E-state index in [-0.39, 0.29) is 0 Å². The molecule has 3 heteroatoms. The maximum absolute atomic E-state index is 8.61. The number of hydrogen-bond acceptors (Lipinski definition) is 3. The first-order valence-electron chi connectivity index (χ1n) is 3.93. The van der Waals surface area contributed by atoms with Crippen LogP contribution in [0.25, 0.3) is 0 Å². The van der Waals surface area contributed by atoms with Gasteiger partial charge >= 0.3 is 0 Å². The van der Waals surface area contributed by atoms with Crippen LogP contribution in [0.4, 0.5) is 0 Å². The third-order valence-corrected chi connectivity index (χ3v) is 1.59. The van der Waals surface area contributed by atoms with Gasteiger partial charge < -0.3 is 5.32 Å². The van der Waals surface area contributed by atoms with Gasteiger partial charge in [-0.1, -0.05) is 12.1 Å². The second kappa shape index (κ2) is 4.92. The van der Waals surface area contributed by atoms with Crippen molar-refractivity contribution in [1.29, 1.82) is 10.5 Å². The fourth-order valence-electron chi connectivity index (χ4n) is 1.01. The van der Waals surface area contributed by atoms with E-state index in [0.29, 0.717) is 18.7 Å². The number of rotatable bonds is 3. The van der Waals surface area contributed by atoms with Crippen LogP contribution in [-0.4, -0.2) is 6.54 Å². The van der Waals surface area contributed by atoms with Crippen LogP contribution in [0.2, 0.25) is 0 Å². The molecule has 0 heterocycles. The molecule has 0 aromatic heterocycles. The van der Waals surface area contributed by atoms with Crippen molar-refractivity contribution in [3.8, 4) is 12.1 Å². The lowest BCUT2D eigenvalue weighted by Crippen LogP contribution is -2.12. The smallest absolute Gasteiger partial charge is 0.0991 e. The van der Waals surface area contributed by atoms with E-state index in [0.717, 1.165) is 5.56 Å². The van der Waals surface area contributed by atoms with E-state index in [1.165, 1.54) is 0 Å². The SMILES string of the molecule is N#CCNCc1cccc(C#N)c1. The van der Waals surface area contributed by atoms with E-state index < -0.39 is 0 Å². The van der Waals surface area contributed by atoms with Crippen LogP contribution in [0.5, 0.6) is 0 Å². The van der Waals surface area contributed by atoms with E-state index >= 15 is 0 Å². The summed E-state index contributed by atoms with van der Waals surface area (Å²) < 4.78 is 0. The van der Waals surface area contributed by atoms with Gasteiger partial charge in [0.1, 0.15) is 0 Å². The Labute approximate surface area is 77.2 Å². The summed E-state index contributed by atoms with van der Waals surface area (Å²) in [6.07, 6.45) is 0. The molecule has 0 aliphatic carbocycles. The number of nitriles is 2. The zero-order valence-corrected chi connectivity index (χ0v) is 7.12. The summed E-state index contributed by atoms with van der Waals surface area (Å²) in [6.45, 7) is 0.958. The van der Waals surface area contributed by atoms with Crippen molar-refractivity contribution in [2.75, 3.05) is 6.54 Å². The maximum Gasteiger partial charge on any atom is 0.0991 e. The highest BCUT2D eigenvalue weighted by molar-refractivity contribution is 5.32. The fraction of sp³-hybridized carbons (Fsp3) is 0.200. The molecule has 3 nitrogen and oxygen atoms in total. The van der Waals surface area contributed by atoms with Gasteiger partial charge in [-0.25, -0.2) is 0 Å². The number of hydrogen-bond donors (Lipinski definition) is 1. The summed E-state index contributed by atoms with van der Waals surface area (Å²) in [5, 5.41) is 19.8. The van der Waals surface area contributed by atoms with Crippen LogP contribution in [0.15, 0.2) is 24.3 Å². The molecule has 0 unspecified atom stereocenters. The number of nitrogens with one attached hydrogen (secondary N) is 1. The Morgan fingerprint density at radius 3 is 2.85 bits per heavy atom. The molecule has 0 radical (unpaired) electrons. The molecule has 0 spiro atoms. The second-order valence-corrected chi connectivity index (χ2v) is 2.57. The lowest BCUT2D eigenvalue weighted by molar-refractivity contribution is 0.765. The van der Waals surface area contributed by atoms with Crippen LogP contribution < -0.4 is 5.32 Å². The highest BCUT2D eigenvalue weighted by Gasteiger charge is 1.93. The van der Waals surface area contributed by atoms with Crippen molar-refractivity contribution in [1.82, 2.24) is 5.32 Å². The van der Waals surface area contributed by atoms with Crippen molar-refractivity contribution < 1.29 is 0 Å². The van der Waals surface area contributed by atoms with Crippen LogP contribution in [0.3, 0.4) is 0 Å². The molecular weight excluding hydrogens is 162 g/mol. The molecule has 0 saturated heterocycles. The van der Waals surface area contributed by atoms with Gasteiger partial charge in [-0.05, 0) is 17.7 Å². The van der Waals surface area contributed by atoms with Gasteiger partial charge in [-0.3, -0.25) is 0 Å². The molecule has 1 N–H and O–H groups in total. The number of nitrogens with zero attached hydrogens (tertiary/aromatic N) is 2. The van der Waals surface area contributed by atoms with E-state index in [4.69, 9.17) is 10.5 Å². The minimum absolute atomic E-state index is 0.330. The first-order valence-corrected chi connectivity index (χ1v) is 3.93. The minimum atomic E-state index is 0.330. The Bertz CT molecular complexity index is 357. The number of benzene rings is 1. The highest BCUT2D eigenvalue weighted by atomic mass is 14.8. The summed E-state index contributed by atoms with van der Waals surface area (Å²) in [4.78, 5) is 0. The minimum Gasteiger partial charge on any atom is -0.300 e. The topological polar surface area (TPSA) is 59.6 Å². The summed E-state index contributed by atoms with van der Waals surface area (Å²) in [6, 6.07) is 11.4. The first kappa shape index (κ1) is 9.25. The Morgan fingerprint density at radius 2 is 2.15 bits per heavy atom. The third-order valence-electron chi connectivity index (χ3n) is 1.59. The third kappa shape index (κ3) is 2.94. The van der Waals surface area contributed by atoms with Gasteiger partial charge in [0.05, 0.1) is 24.2 Å². The molecule has 0 saturated carbocycles. The van der Waals surface area contributed by atoms with Crippen LogP contribution in [0.1, 0.15) is 11.1 Å². The van der Waals surface area contributed by atoms with Crippen molar-refractivity contribution in [2.45, 2.75) is 6.54 Å². The molecule has 64 valence electrons. The molecule has 0 aliphatic heterocycles. The summed E-state index contributed by atoms with van der Waals surface area (Å²) in [5.74, 6) is 0. The zero-order valence-electron chi connectivity index (χ0n) is 7.12. The molecular formula is C10H9N3. The fourth-order valence-corrected chi connectivity index (χ4v) is 1.01. The van der Waals surface area contributed by atoms with Crippen molar-refractivity contribution in [3.63, 3.8) is 0 Å². The van der Waals surface area contributed by atoms with Crippen molar-refractivity contribution >= 4 is 0 Å². The Balaban J connectivity index is 2.59. The summed E-state index contributed by atoms with van der Waals surface area (Å²) in [7, 11) is 0. The van der Waals surface area contributed by atoms with Gasteiger partial charge in [0, 0.05) is 6.54 Å². The lowest BCUT2D eigenvalue weighted by Gasteiger charge is -2.00. The Morgan fingerprint density at radius 1 is 1.31 bits per heavy atom. The normalized spacial score (nSPS) is 8.77. The van der Waals surface area contributed by atoms with E-state index in [2.05, 4.69) is 11.4 Å². The second-order valence-electron chi connectivity index (χ2n) is 2.57. The van der Waals surface area contributed by atoms with Crippen molar-refractivity contribution in [3.05, 3.63) is 35.4 Å². The zero-order chi connectivity index (χ0) is 9.52. The quantitative estimate of drug-likeness (QED) is 0.548. The molecule has 1 rings (SSSR count). The Hall–Kier alpha value is -1.84. The van der Waals surface area contributed by atoms with E-state index in [1.54, 1.807) is 6.07 Å². The Kier molecular flexibility index (Phi) is 3.50. The van der Waals surface area contributed by atoms with Crippen LogP contribution in [-0.2, 0) is 6.54 Å². The average Bonchev–Trinajstić information content (AvgIpc) is 2.19. The summed E-state index contributed by atoms with van der Waals surface area (Å²) in [5.41, 5.74) is 1.67. The van der Waals surface area contributed by atoms with Gasteiger partial charge in [0.2, 0.25) is 0 Å². The molecule has 0 aliphatic rings. The molecule has 1 aromatic carbocycles. The molecule has 0 atom stereocenters. The maximum atomic E-state index is 8.61. The predicted octanol–water partition coefficient (Wildman–Crippen LogP) is 1.17. The standard InChI is InChI=1S/C10H9N3/c11-4-5-13-8-10-3-1-2-9(6-10)7-12/h1-3,6,13H,5,8H2. The van der Waals surface area contributed by atoms with E-state index in [1.807, 2.05) is 24.3 Å². The van der Waals surface area contributed by atoms with Crippen molar-refractivity contribution in [2.24, 2.45) is 0 Å². The molecule has 1 aromatic rings. The molecule has 0 fully saturated rings. The first-order chi connectivity index (χ1) is 6.36. The van der Waals surface area contributed by atoms with E-state index in [9.17, 15) is 0 Å². The predicted molar refractivity (Wildman–Crippen MR) is 48.5 cm³/mol. The van der Waals surface area contributed by atoms with Crippen LogP contribution >= 0.6 is 0 Å². The van der Waals surface area contributed by atoms with Crippen LogP contribution in [0, 0.1) is 22.7 Å². The van der Waals surface area contributed by atoms with Gasteiger partial charge in [-0.15, -0.1) is 0 Å². The average molecular weight is 171 g/mol. The lowest BCUT2D eigenvalue weighted by atomic mass is 10.1. The molecule has 13 heavy (non-hydrogen) atoms. The summed E-state index contributed by atoms with van der Waals surface area (Å²) >= 11 is 0. The molecule has 0 amide bonds. The highest BCUT2D eigenvalue weighted by Crippen LogP contribution is 2.03. The van der Waals surface area contributed by atoms with Gasteiger partial charge in [-0.2, -0.15) is 10.5 Å². The largest absolute Gasteiger partial charge is 0.300 e. The molecule has 0 bridgehead atoms. The van der Waals surface area contributed by atoms with Gasteiger partial charge in [0.25, 0.3) is 0 Å². The monoisotopic (exact) mass is 171 g/mol.